The number of aromatic nitrogens is 3. The van der Waals surface area contributed by atoms with Gasteiger partial charge in [-0.15, -0.1) is 11.3 Å². The molecular formula is C26H24FN5O4S. The molecule has 0 saturated carbocycles. The van der Waals surface area contributed by atoms with Gasteiger partial charge >= 0.3 is 6.09 Å². The Labute approximate surface area is 215 Å². The van der Waals surface area contributed by atoms with Crippen LogP contribution in [0.25, 0.3) is 16.3 Å². The van der Waals surface area contributed by atoms with E-state index >= 15 is 0 Å². The molecule has 2 aliphatic heterocycles. The minimum absolute atomic E-state index is 0.223. The quantitative estimate of drug-likeness (QED) is 0.396. The van der Waals surface area contributed by atoms with Gasteiger partial charge in [-0.1, -0.05) is 12.1 Å². The van der Waals surface area contributed by atoms with Crippen LogP contribution in [0.2, 0.25) is 0 Å². The molecule has 190 valence electrons. The number of morpholine rings is 1. The Bertz CT molecular complexity index is 1550. The number of rotatable bonds is 5. The molecule has 0 atom stereocenters. The van der Waals surface area contributed by atoms with E-state index in [-0.39, 0.29) is 18.0 Å². The number of halogens is 1. The minimum Gasteiger partial charge on any atom is -0.447 e. The van der Waals surface area contributed by atoms with Gasteiger partial charge in [0.1, 0.15) is 23.1 Å². The number of hydrogen-bond acceptors (Lipinski definition) is 8. The van der Waals surface area contributed by atoms with Crippen LogP contribution in [0.1, 0.15) is 16.0 Å². The van der Waals surface area contributed by atoms with E-state index < -0.39 is 6.09 Å². The summed E-state index contributed by atoms with van der Waals surface area (Å²) in [5.41, 5.74) is 3.40. The molecule has 0 unspecified atom stereocenters. The molecule has 0 radical (unpaired) electrons. The highest BCUT2D eigenvalue weighted by Gasteiger charge is 2.29. The number of benzene rings is 1. The number of hydrogen-bond donors (Lipinski definition) is 0. The number of nitrogens with zero attached hydrogens (tertiary/aromatic N) is 5. The molecule has 5 heterocycles. The Morgan fingerprint density at radius 3 is 2.59 bits per heavy atom. The van der Waals surface area contributed by atoms with Gasteiger partial charge < -0.3 is 14.4 Å². The summed E-state index contributed by atoms with van der Waals surface area (Å²) >= 11 is 1.44. The molecule has 4 aromatic rings. The Morgan fingerprint density at radius 1 is 1.08 bits per heavy atom. The smallest absolute Gasteiger partial charge is 0.414 e. The lowest BCUT2D eigenvalue weighted by atomic mass is 10.1. The monoisotopic (exact) mass is 521 g/mol. The lowest BCUT2D eigenvalue weighted by Crippen LogP contribution is -2.37. The van der Waals surface area contributed by atoms with E-state index in [1.165, 1.54) is 32.8 Å². The number of fused-ring (bicyclic) bond motifs is 1. The van der Waals surface area contributed by atoms with Crippen LogP contribution in [0.15, 0.2) is 47.5 Å². The lowest BCUT2D eigenvalue weighted by molar-refractivity contribution is 0.122. The summed E-state index contributed by atoms with van der Waals surface area (Å²) in [6.07, 6.45) is 3.66. The maximum absolute atomic E-state index is 13.6. The Hall–Kier alpha value is -3.83. The third kappa shape index (κ3) is 4.44. The van der Waals surface area contributed by atoms with Crippen molar-refractivity contribution < 1.29 is 18.7 Å². The summed E-state index contributed by atoms with van der Waals surface area (Å²) in [6.45, 7) is 4.94. The second kappa shape index (κ2) is 9.56. The van der Waals surface area contributed by atoms with Crippen molar-refractivity contribution in [3.8, 4) is 10.7 Å². The fourth-order valence-electron chi connectivity index (χ4n) is 4.61. The summed E-state index contributed by atoms with van der Waals surface area (Å²) < 4.78 is 25.5. The first-order chi connectivity index (χ1) is 18.0. The maximum atomic E-state index is 13.6. The van der Waals surface area contributed by atoms with E-state index in [2.05, 4.69) is 9.88 Å². The highest BCUT2D eigenvalue weighted by molar-refractivity contribution is 7.15. The summed E-state index contributed by atoms with van der Waals surface area (Å²) in [5.74, 6) is -0.278. The molecule has 6 rings (SSSR count). The molecule has 2 saturated heterocycles. The number of amides is 1. The Balaban J connectivity index is 1.45. The van der Waals surface area contributed by atoms with E-state index in [4.69, 9.17) is 14.5 Å². The predicted molar refractivity (Wildman–Crippen MR) is 138 cm³/mol. The average Bonchev–Trinajstić information content (AvgIpc) is 3.56. The van der Waals surface area contributed by atoms with E-state index in [9.17, 15) is 14.0 Å². The second-order valence-electron chi connectivity index (χ2n) is 8.97. The van der Waals surface area contributed by atoms with Crippen LogP contribution in [0.3, 0.4) is 0 Å². The first kappa shape index (κ1) is 23.6. The zero-order valence-corrected chi connectivity index (χ0v) is 21.0. The average molecular weight is 522 g/mol. The van der Waals surface area contributed by atoms with Crippen LogP contribution in [0, 0.1) is 12.7 Å². The van der Waals surface area contributed by atoms with Gasteiger partial charge in [0.2, 0.25) is 0 Å². The highest BCUT2D eigenvalue weighted by atomic mass is 32.1. The normalized spacial score (nSPS) is 16.0. The van der Waals surface area contributed by atoms with Crippen molar-refractivity contribution in [2.75, 3.05) is 49.3 Å². The second-order valence-corrected chi connectivity index (χ2v) is 10.1. The zero-order valence-electron chi connectivity index (χ0n) is 20.1. The van der Waals surface area contributed by atoms with E-state index in [0.717, 1.165) is 16.1 Å². The molecule has 0 N–H and O–H groups in total. The fourth-order valence-corrected chi connectivity index (χ4v) is 5.61. The molecule has 0 bridgehead atoms. The molecule has 0 spiro atoms. The van der Waals surface area contributed by atoms with Crippen molar-refractivity contribution in [3.05, 3.63) is 74.9 Å². The van der Waals surface area contributed by atoms with Crippen LogP contribution >= 0.6 is 11.3 Å². The van der Waals surface area contributed by atoms with Crippen molar-refractivity contribution in [2.24, 2.45) is 0 Å². The van der Waals surface area contributed by atoms with Crippen molar-refractivity contribution in [2.45, 2.75) is 13.3 Å². The van der Waals surface area contributed by atoms with Crippen molar-refractivity contribution in [3.63, 3.8) is 0 Å². The summed E-state index contributed by atoms with van der Waals surface area (Å²) in [7, 11) is 0. The molecule has 2 fully saturated rings. The first-order valence-electron chi connectivity index (χ1n) is 12.0. The van der Waals surface area contributed by atoms with Crippen molar-refractivity contribution in [1.82, 2.24) is 14.4 Å². The molecule has 1 amide bonds. The van der Waals surface area contributed by atoms with Crippen molar-refractivity contribution >= 4 is 34.5 Å². The van der Waals surface area contributed by atoms with Crippen LogP contribution in [-0.4, -0.2) is 59.9 Å². The molecule has 3 aromatic heterocycles. The Morgan fingerprint density at radius 2 is 1.86 bits per heavy atom. The first-order valence-corrected chi connectivity index (χ1v) is 12.8. The predicted octanol–water partition coefficient (Wildman–Crippen LogP) is 3.65. The summed E-state index contributed by atoms with van der Waals surface area (Å²) in [4.78, 5) is 40.2. The standard InChI is InChI=1S/C26H24FN5O4S/c1-16-22(24-28-14-20(37-24)12-17-2-4-18(27)5-3-17)29-23-21(31-8-11-36-26(31)34)13-19(15-32(23)25(16)33)30-6-9-35-10-7-30/h2-5,13-15H,6-12H2,1H3. The topological polar surface area (TPSA) is 89.3 Å². The number of pyridine rings is 1. The van der Waals surface area contributed by atoms with Crippen LogP contribution in [-0.2, 0) is 15.9 Å². The molecular weight excluding hydrogens is 497 g/mol. The Kier molecular flexibility index (Phi) is 6.09. The third-order valence-corrected chi connectivity index (χ3v) is 7.60. The molecule has 37 heavy (non-hydrogen) atoms. The summed E-state index contributed by atoms with van der Waals surface area (Å²) in [5, 5.41) is 0.612. The van der Waals surface area contributed by atoms with Gasteiger partial charge in [-0.25, -0.2) is 19.2 Å². The van der Waals surface area contributed by atoms with Gasteiger partial charge in [-0.2, -0.15) is 0 Å². The van der Waals surface area contributed by atoms with Gasteiger partial charge in [0.05, 0.1) is 31.1 Å². The molecule has 0 aliphatic carbocycles. The number of anilines is 2. The highest BCUT2D eigenvalue weighted by Crippen LogP contribution is 2.32. The van der Waals surface area contributed by atoms with E-state index in [1.54, 1.807) is 31.5 Å². The van der Waals surface area contributed by atoms with Gasteiger partial charge in [0.15, 0.2) is 5.65 Å². The zero-order chi connectivity index (χ0) is 25.5. The van der Waals surface area contributed by atoms with E-state index in [0.29, 0.717) is 66.9 Å². The fraction of sp³-hybridized carbons (Fsp3) is 0.308. The largest absolute Gasteiger partial charge is 0.447 e. The SMILES string of the molecule is Cc1c(-c2ncc(Cc3ccc(F)cc3)s2)nc2c(N3CCOC3=O)cc(N3CCOCC3)cn2c1=O. The summed E-state index contributed by atoms with van der Waals surface area (Å²) in [6, 6.07) is 8.25. The number of thiazole rings is 1. The number of ether oxygens (including phenoxy) is 2. The number of carbonyl (C=O) groups excluding carboxylic acids is 1. The maximum Gasteiger partial charge on any atom is 0.414 e. The number of carbonyl (C=O) groups is 1. The molecule has 2 aliphatic rings. The number of cyclic esters (lactones) is 1. The third-order valence-electron chi connectivity index (χ3n) is 6.59. The van der Waals surface area contributed by atoms with Gasteiger partial charge in [-0.05, 0) is 30.7 Å². The minimum atomic E-state index is -0.465. The lowest BCUT2D eigenvalue weighted by Gasteiger charge is -2.30. The molecule has 11 heteroatoms. The molecule has 9 nitrogen and oxygen atoms in total. The van der Waals surface area contributed by atoms with E-state index in [1.807, 2.05) is 6.07 Å². The van der Waals surface area contributed by atoms with Gasteiger partial charge in [0, 0.05) is 42.3 Å². The van der Waals surface area contributed by atoms with Crippen LogP contribution in [0.4, 0.5) is 20.6 Å². The van der Waals surface area contributed by atoms with Crippen LogP contribution < -0.4 is 15.4 Å². The molecule has 1 aromatic carbocycles. The van der Waals surface area contributed by atoms with Crippen LogP contribution in [0.5, 0.6) is 0 Å². The van der Waals surface area contributed by atoms with Gasteiger partial charge in [-0.3, -0.25) is 14.1 Å². The van der Waals surface area contributed by atoms with Gasteiger partial charge in [0.25, 0.3) is 5.56 Å². The van der Waals surface area contributed by atoms with Crippen molar-refractivity contribution in [1.29, 1.82) is 0 Å².